The van der Waals surface area contributed by atoms with Crippen molar-refractivity contribution < 1.29 is 23.8 Å². The van der Waals surface area contributed by atoms with E-state index in [4.69, 9.17) is 14.2 Å². The van der Waals surface area contributed by atoms with E-state index in [0.29, 0.717) is 26.1 Å². The molecule has 0 unspecified atom stereocenters. The number of allylic oxidation sites excluding steroid dienone is 2. The lowest BCUT2D eigenvalue weighted by Gasteiger charge is -2.18. The van der Waals surface area contributed by atoms with E-state index in [0.717, 1.165) is 44.9 Å². The number of rotatable bonds is 47. The summed E-state index contributed by atoms with van der Waals surface area (Å²) in [5.41, 5.74) is 0. The first-order valence-electron chi connectivity index (χ1n) is 25.2. The molecule has 1 atom stereocenters. The van der Waals surface area contributed by atoms with Crippen molar-refractivity contribution in [3.63, 3.8) is 0 Å². The summed E-state index contributed by atoms with van der Waals surface area (Å²) in [4.78, 5) is 25.3. The largest absolute Gasteiger partial charge is 0.462 e. The maximum atomic E-state index is 12.7. The molecule has 0 bridgehead atoms. The van der Waals surface area contributed by atoms with Crippen molar-refractivity contribution in [1.29, 1.82) is 0 Å². The van der Waals surface area contributed by atoms with E-state index < -0.39 is 6.10 Å². The van der Waals surface area contributed by atoms with E-state index in [1.165, 1.54) is 199 Å². The summed E-state index contributed by atoms with van der Waals surface area (Å²) >= 11 is 0. The second-order valence-electron chi connectivity index (χ2n) is 17.1. The number of carbonyl (C=O) groups is 2. The zero-order chi connectivity index (χ0) is 40.7. The van der Waals surface area contributed by atoms with Gasteiger partial charge in [-0.3, -0.25) is 9.59 Å². The van der Waals surface area contributed by atoms with Crippen LogP contribution in [0.15, 0.2) is 12.2 Å². The first kappa shape index (κ1) is 54.6. The summed E-state index contributed by atoms with van der Waals surface area (Å²) < 4.78 is 17.4. The van der Waals surface area contributed by atoms with Crippen LogP contribution in [0.4, 0.5) is 0 Å². The highest BCUT2D eigenvalue weighted by Gasteiger charge is 2.17. The van der Waals surface area contributed by atoms with Gasteiger partial charge in [0.15, 0.2) is 6.10 Å². The Morgan fingerprint density at radius 3 is 1.11 bits per heavy atom. The fourth-order valence-electron chi connectivity index (χ4n) is 7.51. The highest BCUT2D eigenvalue weighted by molar-refractivity contribution is 5.70. The van der Waals surface area contributed by atoms with E-state index >= 15 is 0 Å². The Labute approximate surface area is 350 Å². The van der Waals surface area contributed by atoms with E-state index in [1.807, 2.05) is 0 Å². The van der Waals surface area contributed by atoms with E-state index in [9.17, 15) is 9.59 Å². The van der Waals surface area contributed by atoms with Crippen molar-refractivity contribution in [3.8, 4) is 0 Å². The van der Waals surface area contributed by atoms with Gasteiger partial charge in [-0.25, -0.2) is 0 Å². The Morgan fingerprint density at radius 1 is 0.375 bits per heavy atom. The summed E-state index contributed by atoms with van der Waals surface area (Å²) in [5, 5.41) is 0. The average Bonchev–Trinajstić information content (AvgIpc) is 3.20. The van der Waals surface area contributed by atoms with Crippen molar-refractivity contribution >= 4 is 11.9 Å². The van der Waals surface area contributed by atoms with Gasteiger partial charge in [-0.15, -0.1) is 0 Å². The summed E-state index contributed by atoms with van der Waals surface area (Å²) in [6.07, 6.45) is 53.5. The van der Waals surface area contributed by atoms with Gasteiger partial charge < -0.3 is 14.2 Å². The number of ether oxygens (including phenoxy) is 3. The Balaban J connectivity index is 4.19. The number of esters is 2. The molecule has 0 N–H and O–H groups in total. The van der Waals surface area contributed by atoms with E-state index in [1.54, 1.807) is 0 Å². The zero-order valence-corrected chi connectivity index (χ0v) is 38.2. The first-order chi connectivity index (χ1) is 27.6. The molecule has 0 aromatic carbocycles. The molecule has 0 heterocycles. The zero-order valence-electron chi connectivity index (χ0n) is 38.2. The highest BCUT2D eigenvalue weighted by atomic mass is 16.6. The number of hydrogen-bond acceptors (Lipinski definition) is 5. The topological polar surface area (TPSA) is 61.8 Å². The minimum atomic E-state index is -0.528. The predicted octanol–water partition coefficient (Wildman–Crippen LogP) is 16.7. The lowest BCUT2D eigenvalue weighted by atomic mass is 10.0. The van der Waals surface area contributed by atoms with Crippen molar-refractivity contribution in [1.82, 2.24) is 0 Å². The lowest BCUT2D eigenvalue weighted by Crippen LogP contribution is -2.30. The third kappa shape index (κ3) is 45.3. The molecule has 0 aromatic rings. The Hall–Kier alpha value is -1.36. The van der Waals surface area contributed by atoms with Gasteiger partial charge in [0.25, 0.3) is 0 Å². The molecule has 332 valence electrons. The maximum absolute atomic E-state index is 12.7. The molecule has 0 radical (unpaired) electrons. The monoisotopic (exact) mass is 791 g/mol. The fraction of sp³-hybridized carbons (Fsp3) is 0.922. The molecule has 0 fully saturated rings. The Kier molecular flexibility index (Phi) is 46.8. The third-order valence-electron chi connectivity index (χ3n) is 11.3. The van der Waals surface area contributed by atoms with Gasteiger partial charge in [-0.05, 0) is 44.9 Å². The van der Waals surface area contributed by atoms with Crippen LogP contribution in [0.5, 0.6) is 0 Å². The standard InChI is InChI=1S/C51H98O5/c1-4-7-10-13-16-19-22-24-25-26-28-31-34-37-40-43-46-54-47-49(56-51(53)45-42-39-36-33-29-21-18-15-12-9-6-3)48-55-50(52)44-41-38-35-32-30-27-23-20-17-14-11-8-5-2/h20,23,49H,4-19,21-22,24-48H2,1-3H3/b23-20-/t49-/m1/s1. The van der Waals surface area contributed by atoms with Crippen LogP contribution in [-0.2, 0) is 23.8 Å². The molecule has 0 aliphatic carbocycles. The summed E-state index contributed by atoms with van der Waals surface area (Å²) in [6, 6.07) is 0. The molecule has 0 rings (SSSR count). The first-order valence-corrected chi connectivity index (χ1v) is 25.2. The normalized spacial score (nSPS) is 12.1. The summed E-state index contributed by atoms with van der Waals surface area (Å²) in [7, 11) is 0. The molecule has 0 saturated carbocycles. The van der Waals surface area contributed by atoms with Gasteiger partial charge in [0.1, 0.15) is 6.61 Å². The smallest absolute Gasteiger partial charge is 0.306 e. The second-order valence-corrected chi connectivity index (χ2v) is 17.1. The van der Waals surface area contributed by atoms with E-state index in [2.05, 4.69) is 32.9 Å². The van der Waals surface area contributed by atoms with Crippen molar-refractivity contribution in [2.45, 2.75) is 284 Å². The van der Waals surface area contributed by atoms with Gasteiger partial charge >= 0.3 is 11.9 Å². The maximum Gasteiger partial charge on any atom is 0.306 e. The van der Waals surface area contributed by atoms with Crippen LogP contribution in [0.1, 0.15) is 278 Å². The molecule has 56 heavy (non-hydrogen) atoms. The molecule has 5 nitrogen and oxygen atoms in total. The van der Waals surface area contributed by atoms with Crippen LogP contribution in [-0.4, -0.2) is 37.9 Å². The van der Waals surface area contributed by atoms with Crippen LogP contribution in [0.2, 0.25) is 0 Å². The lowest BCUT2D eigenvalue weighted by molar-refractivity contribution is -0.163. The van der Waals surface area contributed by atoms with Gasteiger partial charge in [0.05, 0.1) is 6.61 Å². The van der Waals surface area contributed by atoms with Crippen LogP contribution < -0.4 is 0 Å². The quantitative estimate of drug-likeness (QED) is 0.0349. The van der Waals surface area contributed by atoms with Gasteiger partial charge in [0.2, 0.25) is 0 Å². The summed E-state index contributed by atoms with van der Waals surface area (Å²) in [6.45, 7) is 7.86. The molecule has 0 saturated heterocycles. The van der Waals surface area contributed by atoms with Gasteiger partial charge in [-0.2, -0.15) is 0 Å². The molecule has 0 aromatic heterocycles. The van der Waals surface area contributed by atoms with Crippen molar-refractivity contribution in [2.24, 2.45) is 0 Å². The number of carbonyl (C=O) groups excluding carboxylic acids is 2. The molecular weight excluding hydrogens is 693 g/mol. The summed E-state index contributed by atoms with van der Waals surface area (Å²) in [5.74, 6) is -0.389. The van der Waals surface area contributed by atoms with Crippen molar-refractivity contribution in [3.05, 3.63) is 12.2 Å². The average molecular weight is 791 g/mol. The highest BCUT2D eigenvalue weighted by Crippen LogP contribution is 2.16. The molecule has 0 aliphatic rings. The van der Waals surface area contributed by atoms with Crippen LogP contribution in [0.3, 0.4) is 0 Å². The molecule has 0 amide bonds. The molecule has 0 spiro atoms. The van der Waals surface area contributed by atoms with E-state index in [-0.39, 0.29) is 18.5 Å². The van der Waals surface area contributed by atoms with Gasteiger partial charge in [-0.1, -0.05) is 232 Å². The molecular formula is C51H98O5. The molecule has 5 heteroatoms. The van der Waals surface area contributed by atoms with Crippen LogP contribution in [0.25, 0.3) is 0 Å². The fourth-order valence-corrected chi connectivity index (χ4v) is 7.51. The Bertz CT molecular complexity index is 810. The van der Waals surface area contributed by atoms with Gasteiger partial charge in [0, 0.05) is 19.4 Å². The Morgan fingerprint density at radius 2 is 0.696 bits per heavy atom. The van der Waals surface area contributed by atoms with Crippen LogP contribution >= 0.6 is 0 Å². The van der Waals surface area contributed by atoms with Crippen molar-refractivity contribution in [2.75, 3.05) is 19.8 Å². The second kappa shape index (κ2) is 48.0. The number of hydrogen-bond donors (Lipinski definition) is 0. The molecule has 0 aliphatic heterocycles. The SMILES string of the molecule is CCCCCC/C=C\CCCCCCCC(=O)OC[C@@H](COCCCCCCCCCCCCCCCCCC)OC(=O)CCCCCCCCCCCCC. The number of unbranched alkanes of at least 4 members (excludes halogenated alkanes) is 34. The predicted molar refractivity (Wildman–Crippen MR) is 242 cm³/mol. The third-order valence-corrected chi connectivity index (χ3v) is 11.3. The minimum Gasteiger partial charge on any atom is -0.462 e. The minimum absolute atomic E-state index is 0.0898. The van der Waals surface area contributed by atoms with Crippen LogP contribution in [0, 0.1) is 0 Å².